The van der Waals surface area contributed by atoms with Gasteiger partial charge in [0.05, 0.1) is 26.3 Å². The van der Waals surface area contributed by atoms with E-state index in [2.05, 4.69) is 69.6 Å². The number of imidazole rings is 2. The summed E-state index contributed by atoms with van der Waals surface area (Å²) >= 11 is 0. The van der Waals surface area contributed by atoms with E-state index in [4.69, 9.17) is 9.47 Å². The van der Waals surface area contributed by atoms with Gasteiger partial charge in [0, 0.05) is 0 Å². The van der Waals surface area contributed by atoms with Crippen LogP contribution >= 0.6 is 0 Å². The van der Waals surface area contributed by atoms with Crippen LogP contribution in [-0.4, -0.2) is 22.3 Å². The van der Waals surface area contributed by atoms with Gasteiger partial charge in [-0.2, -0.15) is 0 Å². The average molecular weight is 590 g/mol. The quantitative estimate of drug-likeness (QED) is 0.122. The first-order valence-corrected chi connectivity index (χ1v) is 15.6. The number of aromatic nitrogens is 4. The highest BCUT2D eigenvalue weighted by molar-refractivity contribution is 4.66. The van der Waals surface area contributed by atoms with Gasteiger partial charge in [-0.1, -0.05) is 90.9 Å². The van der Waals surface area contributed by atoms with Gasteiger partial charge in [0.1, 0.15) is 24.8 Å². The van der Waals surface area contributed by atoms with Crippen molar-refractivity contribution < 1.29 is 43.4 Å². The van der Waals surface area contributed by atoms with Gasteiger partial charge in [-0.15, -0.1) is 0 Å². The third-order valence-corrected chi connectivity index (χ3v) is 7.09. The van der Waals surface area contributed by atoms with Gasteiger partial charge in [-0.3, -0.25) is 0 Å². The molecule has 228 valence electrons. The summed E-state index contributed by atoms with van der Waals surface area (Å²) in [6.07, 6.45) is 35.6. The lowest BCUT2D eigenvalue weighted by molar-refractivity contribution is -0.733. The molecule has 0 bridgehead atoms. The Bertz CT molecular complexity index is 707. The zero-order valence-corrected chi connectivity index (χ0v) is 26.6. The summed E-state index contributed by atoms with van der Waals surface area (Å²) in [5.41, 5.74) is 0. The van der Waals surface area contributed by atoms with Crippen LogP contribution in [0.15, 0.2) is 37.4 Å². The third-order valence-electron chi connectivity index (χ3n) is 7.09. The second kappa shape index (κ2) is 27.1. The van der Waals surface area contributed by atoms with Crippen molar-refractivity contribution in [3.63, 3.8) is 0 Å². The van der Waals surface area contributed by atoms with Crippen LogP contribution in [-0.2, 0) is 36.0 Å². The normalized spacial score (nSPS) is 10.9. The Morgan fingerprint density at radius 1 is 0.487 bits per heavy atom. The highest BCUT2D eigenvalue weighted by Gasteiger charge is 2.05. The minimum atomic E-state index is 0. The van der Waals surface area contributed by atoms with Crippen molar-refractivity contribution in [3.8, 4) is 0 Å². The number of hydrogen-bond acceptors (Lipinski definition) is 2. The molecule has 0 radical (unpaired) electrons. The monoisotopic (exact) mass is 588 g/mol. The Kier molecular flexibility index (Phi) is 26.4. The molecule has 2 heterocycles. The molecule has 39 heavy (non-hydrogen) atoms. The van der Waals surface area contributed by atoms with E-state index in [9.17, 15) is 0 Å². The molecule has 2 aromatic heterocycles. The number of ether oxygens (including phenoxy) is 2. The SMILES string of the molecule is CCCCCCCCCCn1cc[n+](COCCCOC[n+]2ccn(CCCCCCCCCC)c2)c1.[Cl-].[Cl-]. The molecule has 0 aliphatic rings. The maximum Gasteiger partial charge on any atom is 0.245 e. The summed E-state index contributed by atoms with van der Waals surface area (Å²) in [7, 11) is 0. The molecule has 8 heteroatoms. The van der Waals surface area contributed by atoms with Crippen LogP contribution in [0.5, 0.6) is 0 Å². The van der Waals surface area contributed by atoms with Crippen molar-refractivity contribution in [2.75, 3.05) is 13.2 Å². The molecule has 0 atom stereocenters. The van der Waals surface area contributed by atoms with E-state index in [1.54, 1.807) is 0 Å². The average Bonchev–Trinajstić information content (AvgIpc) is 3.56. The number of rotatable bonds is 26. The smallest absolute Gasteiger partial charge is 0.245 e. The Hall–Kier alpha value is -1.08. The number of unbranched alkanes of at least 4 members (excludes halogenated alkanes) is 14. The predicted octanol–water partition coefficient (Wildman–Crippen LogP) is 1.19. The number of hydrogen-bond donors (Lipinski definition) is 0. The second-order valence-corrected chi connectivity index (χ2v) is 10.7. The summed E-state index contributed by atoms with van der Waals surface area (Å²) < 4.78 is 20.5. The van der Waals surface area contributed by atoms with Gasteiger partial charge in [0.15, 0.2) is 13.5 Å². The Labute approximate surface area is 252 Å². The Morgan fingerprint density at radius 3 is 1.23 bits per heavy atom. The van der Waals surface area contributed by atoms with Crippen LogP contribution in [0.3, 0.4) is 0 Å². The molecule has 2 rings (SSSR count). The minimum Gasteiger partial charge on any atom is -1.00 e. The van der Waals surface area contributed by atoms with Gasteiger partial charge < -0.3 is 34.3 Å². The molecule has 0 aliphatic heterocycles. The lowest BCUT2D eigenvalue weighted by atomic mass is 10.1. The van der Waals surface area contributed by atoms with Crippen molar-refractivity contribution in [2.24, 2.45) is 0 Å². The van der Waals surface area contributed by atoms with Crippen molar-refractivity contribution in [1.82, 2.24) is 9.13 Å². The molecule has 0 aromatic carbocycles. The zero-order chi connectivity index (χ0) is 26.2. The van der Waals surface area contributed by atoms with Gasteiger partial charge in [0.25, 0.3) is 0 Å². The van der Waals surface area contributed by atoms with E-state index in [0.717, 1.165) is 32.7 Å². The van der Waals surface area contributed by atoms with Crippen LogP contribution in [0, 0.1) is 0 Å². The molecule has 0 amide bonds. The highest BCUT2D eigenvalue weighted by atomic mass is 35.5. The molecule has 0 aliphatic carbocycles. The summed E-state index contributed by atoms with van der Waals surface area (Å²) in [5, 5.41) is 0. The maximum absolute atomic E-state index is 5.83. The second-order valence-electron chi connectivity index (χ2n) is 10.7. The zero-order valence-electron chi connectivity index (χ0n) is 25.1. The van der Waals surface area contributed by atoms with Crippen molar-refractivity contribution in [1.29, 1.82) is 0 Å². The lowest BCUT2D eigenvalue weighted by Gasteiger charge is -2.03. The summed E-state index contributed by atoms with van der Waals surface area (Å²) in [5.74, 6) is 0. The summed E-state index contributed by atoms with van der Waals surface area (Å²) in [4.78, 5) is 0. The van der Waals surface area contributed by atoms with Crippen LogP contribution in [0.4, 0.5) is 0 Å². The van der Waals surface area contributed by atoms with E-state index in [1.807, 2.05) is 0 Å². The number of nitrogens with zero attached hydrogens (tertiary/aromatic N) is 4. The van der Waals surface area contributed by atoms with Crippen molar-refractivity contribution in [3.05, 3.63) is 37.4 Å². The van der Waals surface area contributed by atoms with Crippen LogP contribution < -0.4 is 33.9 Å². The molecular formula is C31H58Cl2N4O2. The molecule has 2 aromatic rings. The van der Waals surface area contributed by atoms with Crippen LogP contribution in [0.2, 0.25) is 0 Å². The minimum absolute atomic E-state index is 0. The van der Waals surface area contributed by atoms with Gasteiger partial charge in [0.2, 0.25) is 12.7 Å². The topological polar surface area (TPSA) is 36.1 Å². The molecule has 6 nitrogen and oxygen atoms in total. The van der Waals surface area contributed by atoms with E-state index >= 15 is 0 Å². The van der Waals surface area contributed by atoms with E-state index < -0.39 is 0 Å². The lowest BCUT2D eigenvalue weighted by Crippen LogP contribution is -3.00. The standard InChI is InChI=1S/C31H58N4O2.2ClH/c1-3-5-7-9-11-13-15-17-20-32-22-24-34(28-32)30-36-26-19-27-37-31-35-25-23-33(29-35)21-18-16-14-12-10-8-6-4-2;;/h22-25,28-29H,3-21,26-27,30-31H2,1-2H3;2*1H/q+2;;/p-2. The van der Waals surface area contributed by atoms with Gasteiger partial charge >= 0.3 is 0 Å². The van der Waals surface area contributed by atoms with E-state index in [0.29, 0.717) is 13.5 Å². The van der Waals surface area contributed by atoms with Gasteiger partial charge in [-0.25, -0.2) is 18.3 Å². The number of aryl methyl sites for hydroxylation is 2. The summed E-state index contributed by atoms with van der Waals surface area (Å²) in [6.45, 7) is 9.44. The molecule has 0 N–H and O–H groups in total. The molecule has 0 saturated carbocycles. The largest absolute Gasteiger partial charge is 1.00 e. The van der Waals surface area contributed by atoms with E-state index in [1.165, 1.54) is 103 Å². The van der Waals surface area contributed by atoms with E-state index in [-0.39, 0.29) is 24.8 Å². The van der Waals surface area contributed by atoms with Crippen LogP contribution in [0.1, 0.15) is 123 Å². The molecule has 0 spiro atoms. The first-order chi connectivity index (χ1) is 18.3. The fraction of sp³-hybridized carbons (Fsp3) is 0.806. The highest BCUT2D eigenvalue weighted by Crippen LogP contribution is 2.10. The van der Waals surface area contributed by atoms with Gasteiger partial charge in [-0.05, 0) is 32.1 Å². The fourth-order valence-electron chi connectivity index (χ4n) is 4.75. The van der Waals surface area contributed by atoms with Crippen molar-refractivity contribution in [2.45, 2.75) is 150 Å². The third kappa shape index (κ3) is 20.5. The fourth-order valence-corrected chi connectivity index (χ4v) is 4.75. The number of halogens is 2. The molecule has 0 unspecified atom stereocenters. The Balaban J connectivity index is 0.00000722. The molecule has 0 saturated heterocycles. The summed E-state index contributed by atoms with van der Waals surface area (Å²) in [6, 6.07) is 0. The predicted molar refractivity (Wildman–Crippen MR) is 151 cm³/mol. The van der Waals surface area contributed by atoms with Crippen LogP contribution in [0.25, 0.3) is 0 Å². The van der Waals surface area contributed by atoms with Crippen molar-refractivity contribution >= 4 is 0 Å². The maximum atomic E-state index is 5.83. The first kappa shape index (κ1) is 37.9. The Morgan fingerprint density at radius 2 is 0.846 bits per heavy atom. The molecule has 0 fully saturated rings. The first-order valence-electron chi connectivity index (χ1n) is 15.6. The molecular weight excluding hydrogens is 531 g/mol.